The Labute approximate surface area is 262 Å². The molecule has 2 aromatic carbocycles. The number of aromatic carboxylic acids is 1. The lowest BCUT2D eigenvalue weighted by molar-refractivity contribution is -0.137. The molecule has 0 amide bonds. The van der Waals surface area contributed by atoms with Gasteiger partial charge in [-0.3, -0.25) is 0 Å². The van der Waals surface area contributed by atoms with Crippen LogP contribution in [-0.4, -0.2) is 53.6 Å². The molecule has 0 radical (unpaired) electrons. The minimum atomic E-state index is -4.49. The molecule has 0 bridgehead atoms. The molecule has 4 fully saturated rings. The highest BCUT2D eigenvalue weighted by Crippen LogP contribution is 2.54. The maximum absolute atomic E-state index is 13.9. The zero-order valence-electron chi connectivity index (χ0n) is 25.0. The van der Waals surface area contributed by atoms with Crippen molar-refractivity contribution in [1.29, 1.82) is 0 Å². The van der Waals surface area contributed by atoms with E-state index in [1.54, 1.807) is 6.07 Å². The second kappa shape index (κ2) is 10.9. The topological polar surface area (TPSA) is 97.9 Å². The predicted molar refractivity (Wildman–Crippen MR) is 164 cm³/mol. The fourth-order valence-electron chi connectivity index (χ4n) is 7.08. The van der Waals surface area contributed by atoms with Crippen LogP contribution in [-0.2, 0) is 10.9 Å². The quantitative estimate of drug-likeness (QED) is 0.221. The molecule has 8 nitrogen and oxygen atoms in total. The number of nitrogens with zero attached hydrogens (tertiary/aromatic N) is 3. The maximum atomic E-state index is 13.9. The molecule has 4 aromatic rings. The van der Waals surface area contributed by atoms with Crippen molar-refractivity contribution in [3.8, 4) is 17.0 Å². The molecule has 238 valence electrons. The van der Waals surface area contributed by atoms with Gasteiger partial charge in [0.2, 0.25) is 0 Å². The van der Waals surface area contributed by atoms with Gasteiger partial charge < -0.3 is 24.0 Å². The number of ether oxygens (including phenoxy) is 2. The summed E-state index contributed by atoms with van der Waals surface area (Å²) < 4.78 is 58.6. The van der Waals surface area contributed by atoms with Crippen LogP contribution in [0.25, 0.3) is 28.2 Å². The Morgan fingerprint density at radius 1 is 1.07 bits per heavy atom. The van der Waals surface area contributed by atoms with Crippen LogP contribution in [0, 0.1) is 5.41 Å². The van der Waals surface area contributed by atoms with Gasteiger partial charge in [-0.25, -0.2) is 9.78 Å². The highest BCUT2D eigenvalue weighted by Gasteiger charge is 2.44. The highest BCUT2D eigenvalue weighted by atomic mass is 19.4. The normalized spacial score (nSPS) is 19.6. The van der Waals surface area contributed by atoms with Crippen LogP contribution in [0.1, 0.15) is 71.8 Å². The third-order valence-corrected chi connectivity index (χ3v) is 9.81. The Hall–Kier alpha value is -4.38. The molecule has 2 aromatic heterocycles. The molecular formula is C35H32F3N3O5. The number of piperidine rings is 1. The van der Waals surface area contributed by atoms with Gasteiger partial charge in [-0.1, -0.05) is 28.9 Å². The number of alkyl halides is 3. The summed E-state index contributed by atoms with van der Waals surface area (Å²) in [6.07, 6.45) is 3.14. The van der Waals surface area contributed by atoms with E-state index >= 15 is 0 Å². The maximum Gasteiger partial charge on any atom is 0.417 e. The molecule has 2 aliphatic heterocycles. The average Bonchev–Trinajstić information content (AvgIpc) is 3.77. The van der Waals surface area contributed by atoms with E-state index in [0.717, 1.165) is 68.8 Å². The van der Waals surface area contributed by atoms with Gasteiger partial charge in [-0.2, -0.15) is 13.2 Å². The van der Waals surface area contributed by atoms with Crippen LogP contribution in [0.4, 0.5) is 18.9 Å². The third kappa shape index (κ3) is 5.30. The number of halogens is 3. The van der Waals surface area contributed by atoms with E-state index in [4.69, 9.17) is 14.0 Å². The number of anilines is 1. The van der Waals surface area contributed by atoms with Gasteiger partial charge in [0.15, 0.2) is 5.69 Å². The molecular weight excluding hydrogens is 599 g/mol. The van der Waals surface area contributed by atoms with E-state index in [0.29, 0.717) is 35.8 Å². The summed E-state index contributed by atoms with van der Waals surface area (Å²) in [5.74, 6) is 0.302. The first-order valence-electron chi connectivity index (χ1n) is 15.7. The highest BCUT2D eigenvalue weighted by molar-refractivity contribution is 5.94. The Balaban J connectivity index is 1.00. The standard InChI is InChI=1S/C35H32F3N3O5/c36-35(37,38)27-4-2-1-3-24(27)31-26(32(46-40-31)21-5-6-21)13-20-16-34(17-20)9-11-41(12-10-34)22-7-8-28-25(14-22)30(45-23-18-44-19-23)15-29(39-28)33(42)43/h1-4,7-8,13-15,21,23H,5-6,9-12,16-19H2,(H,42,43). The summed E-state index contributed by atoms with van der Waals surface area (Å²) in [4.78, 5) is 18.3. The van der Waals surface area contributed by atoms with Crippen LogP contribution >= 0.6 is 0 Å². The number of fused-ring (bicyclic) bond motifs is 1. The van der Waals surface area contributed by atoms with Crippen LogP contribution in [0.2, 0.25) is 0 Å². The number of rotatable bonds is 7. The number of benzene rings is 2. The van der Waals surface area contributed by atoms with E-state index < -0.39 is 17.7 Å². The van der Waals surface area contributed by atoms with Gasteiger partial charge >= 0.3 is 12.1 Å². The fourth-order valence-corrected chi connectivity index (χ4v) is 7.08. The molecule has 46 heavy (non-hydrogen) atoms. The fraction of sp³-hybridized carbons (Fsp3) is 0.400. The van der Waals surface area contributed by atoms with E-state index in [1.807, 2.05) is 24.3 Å². The van der Waals surface area contributed by atoms with Crippen molar-refractivity contribution in [2.24, 2.45) is 5.41 Å². The molecule has 0 unspecified atom stereocenters. The molecule has 4 aliphatic rings. The Morgan fingerprint density at radius 2 is 1.83 bits per heavy atom. The molecule has 0 atom stereocenters. The van der Waals surface area contributed by atoms with Crippen LogP contribution < -0.4 is 9.64 Å². The largest absolute Gasteiger partial charge is 0.485 e. The van der Waals surface area contributed by atoms with Gasteiger partial charge in [0.25, 0.3) is 0 Å². The lowest BCUT2D eigenvalue weighted by atomic mass is 9.60. The first kappa shape index (κ1) is 29.1. The zero-order valence-corrected chi connectivity index (χ0v) is 25.0. The minimum Gasteiger partial charge on any atom is -0.485 e. The number of carbonyl (C=O) groups is 1. The van der Waals surface area contributed by atoms with Gasteiger partial charge in [-0.15, -0.1) is 0 Å². The SMILES string of the molecule is O=C(O)c1cc(OC2COC2)c2cc(N3CCC4(CC3)CC(=Cc3c(-c5ccccc5C(F)(F)F)noc3C3CC3)C4)ccc2n1. The predicted octanol–water partition coefficient (Wildman–Crippen LogP) is 7.73. The van der Waals surface area contributed by atoms with Crippen molar-refractivity contribution in [2.75, 3.05) is 31.2 Å². The monoisotopic (exact) mass is 631 g/mol. The van der Waals surface area contributed by atoms with E-state index in [2.05, 4.69) is 15.0 Å². The molecule has 8 rings (SSSR count). The molecule has 1 N–H and O–H groups in total. The summed E-state index contributed by atoms with van der Waals surface area (Å²) in [6, 6.07) is 12.9. The van der Waals surface area contributed by atoms with Crippen LogP contribution in [0.5, 0.6) is 5.75 Å². The van der Waals surface area contributed by atoms with Gasteiger partial charge in [-0.05, 0) is 74.3 Å². The summed E-state index contributed by atoms with van der Waals surface area (Å²) in [5, 5.41) is 14.5. The summed E-state index contributed by atoms with van der Waals surface area (Å²) >= 11 is 0. The number of hydrogen-bond donors (Lipinski definition) is 1. The van der Waals surface area contributed by atoms with Crippen LogP contribution in [0.15, 0.2) is 58.6 Å². The van der Waals surface area contributed by atoms with Crippen molar-refractivity contribution in [3.63, 3.8) is 0 Å². The minimum absolute atomic E-state index is 0.0548. The number of aromatic nitrogens is 2. The lowest BCUT2D eigenvalue weighted by Crippen LogP contribution is -2.44. The Kier molecular flexibility index (Phi) is 6.86. The second-order valence-corrected chi connectivity index (χ2v) is 13.1. The Morgan fingerprint density at radius 3 is 2.50 bits per heavy atom. The molecule has 1 spiro atoms. The number of carboxylic acids is 1. The number of hydrogen-bond acceptors (Lipinski definition) is 7. The van der Waals surface area contributed by atoms with Gasteiger partial charge in [0.05, 0.1) is 24.3 Å². The molecule has 2 aliphatic carbocycles. The average molecular weight is 632 g/mol. The third-order valence-electron chi connectivity index (χ3n) is 9.81. The molecule has 2 saturated carbocycles. The van der Waals surface area contributed by atoms with E-state index in [9.17, 15) is 23.1 Å². The van der Waals surface area contributed by atoms with Crippen molar-refractivity contribution in [2.45, 2.75) is 56.7 Å². The van der Waals surface area contributed by atoms with Gasteiger partial charge in [0.1, 0.15) is 23.3 Å². The summed E-state index contributed by atoms with van der Waals surface area (Å²) in [6.45, 7) is 2.66. The lowest BCUT2D eigenvalue weighted by Gasteiger charge is -2.50. The van der Waals surface area contributed by atoms with Crippen molar-refractivity contribution < 1.29 is 37.1 Å². The van der Waals surface area contributed by atoms with E-state index in [1.165, 1.54) is 23.8 Å². The van der Waals surface area contributed by atoms with Crippen LogP contribution in [0.3, 0.4) is 0 Å². The second-order valence-electron chi connectivity index (χ2n) is 13.1. The van der Waals surface area contributed by atoms with E-state index in [-0.39, 0.29) is 34.4 Å². The number of carboxylic acid groups (broad SMARTS) is 1. The van der Waals surface area contributed by atoms with Crippen molar-refractivity contribution >= 4 is 28.6 Å². The number of allylic oxidation sites excluding steroid dienone is 1. The molecule has 4 heterocycles. The van der Waals surface area contributed by atoms with Crippen molar-refractivity contribution in [3.05, 3.63) is 76.7 Å². The van der Waals surface area contributed by atoms with Crippen molar-refractivity contribution in [1.82, 2.24) is 10.1 Å². The first-order chi connectivity index (χ1) is 22.2. The molecule has 11 heteroatoms. The van der Waals surface area contributed by atoms with Gasteiger partial charge in [0, 0.05) is 47.3 Å². The Bertz CT molecular complexity index is 1860. The molecule has 2 saturated heterocycles. The zero-order chi connectivity index (χ0) is 31.6. The summed E-state index contributed by atoms with van der Waals surface area (Å²) in [5.41, 5.74) is 3.24. The number of pyridine rings is 1. The first-order valence-corrected chi connectivity index (χ1v) is 15.7. The smallest absolute Gasteiger partial charge is 0.417 e. The summed E-state index contributed by atoms with van der Waals surface area (Å²) in [7, 11) is 0.